The number of carbonyl (C=O) groups is 2. The molecule has 0 aliphatic heterocycles. The van der Waals surface area contributed by atoms with Gasteiger partial charge in [-0.25, -0.2) is 9.59 Å². The number of aliphatic carboxylic acids is 1. The van der Waals surface area contributed by atoms with Crippen molar-refractivity contribution in [3.63, 3.8) is 0 Å². The van der Waals surface area contributed by atoms with Crippen molar-refractivity contribution in [3.05, 3.63) is 0 Å². The van der Waals surface area contributed by atoms with Gasteiger partial charge in [0.2, 0.25) is 0 Å². The van der Waals surface area contributed by atoms with Crippen LogP contribution in [-0.2, 0) is 4.79 Å². The molecule has 1 rings (SSSR count). The zero-order valence-corrected chi connectivity index (χ0v) is 10.6. The Kier molecular flexibility index (Phi) is 4.78. The number of rotatable bonds is 4. The van der Waals surface area contributed by atoms with Crippen molar-refractivity contribution in [1.82, 2.24) is 10.6 Å². The quantitative estimate of drug-likeness (QED) is 0.702. The van der Waals surface area contributed by atoms with Crippen LogP contribution < -0.4 is 10.6 Å². The summed E-state index contributed by atoms with van der Waals surface area (Å²) in [5.41, 5.74) is -1.07. The molecule has 17 heavy (non-hydrogen) atoms. The van der Waals surface area contributed by atoms with E-state index in [2.05, 4.69) is 17.6 Å². The summed E-state index contributed by atoms with van der Waals surface area (Å²) in [5.74, 6) is -0.376. The summed E-state index contributed by atoms with van der Waals surface area (Å²) >= 11 is 0. The average Bonchev–Trinajstić information content (AvgIpc) is 2.29. The molecule has 0 bridgehead atoms. The molecule has 1 aliphatic carbocycles. The molecule has 0 unspecified atom stereocenters. The van der Waals surface area contributed by atoms with Gasteiger partial charge in [0, 0.05) is 6.54 Å². The smallest absolute Gasteiger partial charge is 0.329 e. The minimum absolute atomic E-state index is 0.371. The summed E-state index contributed by atoms with van der Waals surface area (Å²) in [6.07, 6.45) is 3.57. The average molecular weight is 242 g/mol. The number of urea groups is 1. The van der Waals surface area contributed by atoms with Crippen LogP contribution in [0.2, 0.25) is 0 Å². The standard InChI is InChI=1S/C12H22N2O3/c1-3-8-13-11(17)14-12(10(15)16)6-4-9(2)5-7-12/h9H,3-8H2,1-2H3,(H,15,16)(H2,13,14,17). The van der Waals surface area contributed by atoms with Gasteiger partial charge in [-0.05, 0) is 38.0 Å². The highest BCUT2D eigenvalue weighted by Gasteiger charge is 2.42. The minimum atomic E-state index is -1.07. The third kappa shape index (κ3) is 3.61. The van der Waals surface area contributed by atoms with E-state index < -0.39 is 11.5 Å². The SMILES string of the molecule is CCCNC(=O)NC1(C(=O)O)CCC(C)CC1. The van der Waals surface area contributed by atoms with Crippen LogP contribution in [0.15, 0.2) is 0 Å². The van der Waals surface area contributed by atoms with Crippen molar-refractivity contribution in [2.75, 3.05) is 6.54 Å². The van der Waals surface area contributed by atoms with Crippen molar-refractivity contribution < 1.29 is 14.7 Å². The fourth-order valence-electron chi connectivity index (χ4n) is 2.15. The van der Waals surface area contributed by atoms with Crippen molar-refractivity contribution in [2.24, 2.45) is 5.92 Å². The van der Waals surface area contributed by atoms with Gasteiger partial charge in [0.1, 0.15) is 5.54 Å². The molecule has 2 amide bonds. The summed E-state index contributed by atoms with van der Waals surface area (Å²) in [6, 6.07) is -0.371. The van der Waals surface area contributed by atoms with Gasteiger partial charge in [0.15, 0.2) is 0 Å². The lowest BCUT2D eigenvalue weighted by molar-refractivity contribution is -0.146. The Morgan fingerprint density at radius 1 is 1.35 bits per heavy atom. The minimum Gasteiger partial charge on any atom is -0.480 e. The molecule has 0 aromatic rings. The normalized spacial score (nSPS) is 28.5. The molecule has 0 saturated heterocycles. The van der Waals surface area contributed by atoms with Crippen LogP contribution >= 0.6 is 0 Å². The number of carbonyl (C=O) groups excluding carboxylic acids is 1. The number of hydrogen-bond donors (Lipinski definition) is 3. The molecule has 0 radical (unpaired) electrons. The fraction of sp³-hybridized carbons (Fsp3) is 0.833. The van der Waals surface area contributed by atoms with Crippen molar-refractivity contribution in [1.29, 1.82) is 0 Å². The Labute approximate surface area is 102 Å². The van der Waals surface area contributed by atoms with Crippen LogP contribution in [0.25, 0.3) is 0 Å². The monoisotopic (exact) mass is 242 g/mol. The first-order valence-corrected chi connectivity index (χ1v) is 6.29. The molecule has 0 heterocycles. The van der Waals surface area contributed by atoms with Gasteiger partial charge in [-0.3, -0.25) is 0 Å². The number of nitrogens with one attached hydrogen (secondary N) is 2. The van der Waals surface area contributed by atoms with E-state index in [4.69, 9.17) is 0 Å². The second-order valence-corrected chi connectivity index (χ2v) is 4.95. The van der Waals surface area contributed by atoms with Crippen LogP contribution in [0.4, 0.5) is 4.79 Å². The van der Waals surface area contributed by atoms with Crippen molar-refractivity contribution in [2.45, 2.75) is 51.5 Å². The topological polar surface area (TPSA) is 78.4 Å². The maximum atomic E-state index is 11.6. The molecule has 1 fully saturated rings. The van der Waals surface area contributed by atoms with Crippen LogP contribution in [0.5, 0.6) is 0 Å². The van der Waals surface area contributed by atoms with Crippen LogP contribution in [0.3, 0.4) is 0 Å². The van der Waals surface area contributed by atoms with Crippen molar-refractivity contribution in [3.8, 4) is 0 Å². The molecule has 0 aromatic heterocycles. The molecule has 1 aliphatic rings. The number of carboxylic acid groups (broad SMARTS) is 1. The zero-order valence-electron chi connectivity index (χ0n) is 10.6. The Hall–Kier alpha value is -1.26. The summed E-state index contributed by atoms with van der Waals surface area (Å²) in [5, 5.41) is 14.6. The van der Waals surface area contributed by atoms with E-state index in [1.54, 1.807) is 0 Å². The fourth-order valence-corrected chi connectivity index (χ4v) is 2.15. The van der Waals surface area contributed by atoms with E-state index in [0.717, 1.165) is 19.3 Å². The molecule has 5 heteroatoms. The third-order valence-electron chi connectivity index (χ3n) is 3.43. The predicted molar refractivity (Wildman–Crippen MR) is 64.8 cm³/mol. The Bertz CT molecular complexity index is 283. The summed E-state index contributed by atoms with van der Waals surface area (Å²) < 4.78 is 0. The first-order valence-electron chi connectivity index (χ1n) is 6.29. The Morgan fingerprint density at radius 3 is 2.41 bits per heavy atom. The third-order valence-corrected chi connectivity index (χ3v) is 3.43. The van der Waals surface area contributed by atoms with E-state index in [9.17, 15) is 14.7 Å². The van der Waals surface area contributed by atoms with E-state index in [1.807, 2.05) is 6.92 Å². The maximum Gasteiger partial charge on any atom is 0.329 e. The van der Waals surface area contributed by atoms with Crippen molar-refractivity contribution >= 4 is 12.0 Å². The molecule has 98 valence electrons. The highest BCUT2D eigenvalue weighted by Crippen LogP contribution is 2.32. The van der Waals surface area contributed by atoms with Gasteiger partial charge < -0.3 is 15.7 Å². The summed E-state index contributed by atoms with van der Waals surface area (Å²) in [7, 11) is 0. The summed E-state index contributed by atoms with van der Waals surface area (Å²) in [4.78, 5) is 22.9. The van der Waals surface area contributed by atoms with Gasteiger partial charge in [-0.15, -0.1) is 0 Å². The van der Waals surface area contributed by atoms with Gasteiger partial charge in [0.05, 0.1) is 0 Å². The van der Waals surface area contributed by atoms with E-state index >= 15 is 0 Å². The first kappa shape index (κ1) is 13.8. The zero-order chi connectivity index (χ0) is 12.9. The molecule has 5 nitrogen and oxygen atoms in total. The maximum absolute atomic E-state index is 11.6. The number of carboxylic acids is 1. The summed E-state index contributed by atoms with van der Waals surface area (Å²) in [6.45, 7) is 4.64. The van der Waals surface area contributed by atoms with Crippen LogP contribution in [0, 0.1) is 5.92 Å². The van der Waals surface area contributed by atoms with Gasteiger partial charge in [-0.1, -0.05) is 13.8 Å². The first-order chi connectivity index (χ1) is 8.00. The molecule has 3 N–H and O–H groups in total. The molecule has 1 saturated carbocycles. The van der Waals surface area contributed by atoms with E-state index in [0.29, 0.717) is 25.3 Å². The predicted octanol–water partition coefficient (Wildman–Crippen LogP) is 1.73. The van der Waals surface area contributed by atoms with Gasteiger partial charge >= 0.3 is 12.0 Å². The molecular formula is C12H22N2O3. The number of hydrogen-bond acceptors (Lipinski definition) is 2. The second kappa shape index (κ2) is 5.89. The highest BCUT2D eigenvalue weighted by atomic mass is 16.4. The number of amides is 2. The Balaban J connectivity index is 2.60. The van der Waals surface area contributed by atoms with Gasteiger partial charge in [-0.2, -0.15) is 0 Å². The molecular weight excluding hydrogens is 220 g/mol. The van der Waals surface area contributed by atoms with E-state index in [-0.39, 0.29) is 6.03 Å². The lowest BCUT2D eigenvalue weighted by Gasteiger charge is -2.36. The second-order valence-electron chi connectivity index (χ2n) is 4.95. The highest BCUT2D eigenvalue weighted by molar-refractivity contribution is 5.86. The molecule has 0 atom stereocenters. The molecule has 0 aromatic carbocycles. The lowest BCUT2D eigenvalue weighted by atomic mass is 9.77. The van der Waals surface area contributed by atoms with Gasteiger partial charge in [0.25, 0.3) is 0 Å². The lowest BCUT2D eigenvalue weighted by Crippen LogP contribution is -2.58. The van der Waals surface area contributed by atoms with Crippen LogP contribution in [0.1, 0.15) is 46.0 Å². The largest absolute Gasteiger partial charge is 0.480 e. The Morgan fingerprint density at radius 2 is 1.94 bits per heavy atom. The molecule has 0 spiro atoms. The van der Waals surface area contributed by atoms with Crippen LogP contribution in [-0.4, -0.2) is 29.2 Å². The van der Waals surface area contributed by atoms with E-state index in [1.165, 1.54) is 0 Å².